The summed E-state index contributed by atoms with van der Waals surface area (Å²) in [7, 11) is 3.74. The lowest BCUT2D eigenvalue weighted by molar-refractivity contribution is -0.123. The number of likely N-dealkylation sites (N-methyl/N-ethyl adjacent to an activating group) is 1. The molecule has 1 aliphatic heterocycles. The average molecular weight is 418 g/mol. The van der Waals surface area contributed by atoms with E-state index in [9.17, 15) is 4.79 Å². The van der Waals surface area contributed by atoms with E-state index in [1.165, 1.54) is 0 Å². The van der Waals surface area contributed by atoms with Crippen LogP contribution in [0.25, 0.3) is 0 Å². The number of ether oxygens (including phenoxy) is 2. The Morgan fingerprint density at radius 2 is 1.66 bits per heavy atom. The Hall–Kier alpha value is -2.28. The molecule has 0 aliphatic carbocycles. The summed E-state index contributed by atoms with van der Waals surface area (Å²) in [5.74, 6) is 1.24. The van der Waals surface area contributed by atoms with Crippen LogP contribution in [-0.2, 0) is 4.79 Å². The molecule has 0 radical (unpaired) electrons. The Bertz CT molecular complexity index is 775. The van der Waals surface area contributed by atoms with E-state index >= 15 is 0 Å². The van der Waals surface area contributed by atoms with Crippen molar-refractivity contribution in [2.24, 2.45) is 0 Å². The van der Waals surface area contributed by atoms with Crippen molar-refractivity contribution in [1.82, 2.24) is 15.1 Å². The van der Waals surface area contributed by atoms with Gasteiger partial charge in [-0.05, 0) is 49.0 Å². The summed E-state index contributed by atoms with van der Waals surface area (Å²) < 4.78 is 10.7. The van der Waals surface area contributed by atoms with Crippen molar-refractivity contribution in [1.29, 1.82) is 0 Å². The van der Waals surface area contributed by atoms with Crippen molar-refractivity contribution in [3.63, 3.8) is 0 Å². The van der Waals surface area contributed by atoms with Crippen molar-refractivity contribution in [2.45, 2.75) is 6.04 Å². The zero-order valence-corrected chi connectivity index (χ0v) is 17.7. The van der Waals surface area contributed by atoms with Crippen molar-refractivity contribution in [2.75, 3.05) is 53.5 Å². The molecule has 1 fully saturated rings. The summed E-state index contributed by atoms with van der Waals surface area (Å²) in [5, 5.41) is 3.73. The van der Waals surface area contributed by atoms with Crippen LogP contribution in [0.4, 0.5) is 0 Å². The molecule has 1 unspecified atom stereocenters. The molecule has 156 valence electrons. The molecular weight excluding hydrogens is 390 g/mol. The molecule has 6 nitrogen and oxygen atoms in total. The lowest BCUT2D eigenvalue weighted by Crippen LogP contribution is -2.48. The van der Waals surface area contributed by atoms with Gasteiger partial charge in [-0.2, -0.15) is 0 Å². The third kappa shape index (κ3) is 6.35. The van der Waals surface area contributed by atoms with Gasteiger partial charge in [-0.3, -0.25) is 9.69 Å². The molecule has 1 amide bonds. The molecule has 1 atom stereocenters. The summed E-state index contributed by atoms with van der Waals surface area (Å²) in [6.07, 6.45) is 0. The lowest BCUT2D eigenvalue weighted by Gasteiger charge is -2.38. The highest BCUT2D eigenvalue weighted by molar-refractivity contribution is 6.30. The van der Waals surface area contributed by atoms with Crippen LogP contribution >= 0.6 is 11.6 Å². The van der Waals surface area contributed by atoms with Gasteiger partial charge in [0.1, 0.15) is 11.5 Å². The van der Waals surface area contributed by atoms with Crippen molar-refractivity contribution in [3.8, 4) is 11.5 Å². The third-order valence-corrected chi connectivity index (χ3v) is 5.41. The number of piperazine rings is 1. The van der Waals surface area contributed by atoms with Crippen LogP contribution < -0.4 is 14.8 Å². The standard InChI is InChI=1S/C22H28ClN3O3/c1-25-11-13-26(14-12-25)21(17-3-5-18(23)6-4-17)15-24-22(27)16-29-20-9-7-19(28-2)8-10-20/h3-10,21H,11-16H2,1-2H3,(H,24,27). The quantitative estimate of drug-likeness (QED) is 0.715. The van der Waals surface area contributed by atoms with Crippen LogP contribution in [0, 0.1) is 0 Å². The fraction of sp³-hybridized carbons (Fsp3) is 0.409. The van der Waals surface area contributed by atoms with Crippen LogP contribution in [0.5, 0.6) is 11.5 Å². The minimum absolute atomic E-state index is 0.0254. The Balaban J connectivity index is 1.56. The number of rotatable bonds is 8. The van der Waals surface area contributed by atoms with Crippen molar-refractivity contribution >= 4 is 17.5 Å². The second-order valence-electron chi connectivity index (χ2n) is 7.17. The van der Waals surface area contributed by atoms with Crippen LogP contribution in [-0.4, -0.2) is 69.2 Å². The molecule has 1 aliphatic rings. The number of amides is 1. The normalized spacial score (nSPS) is 16.2. The van der Waals surface area contributed by atoms with Gasteiger partial charge in [0.15, 0.2) is 6.61 Å². The van der Waals surface area contributed by atoms with Gasteiger partial charge in [0.2, 0.25) is 0 Å². The van der Waals surface area contributed by atoms with Gasteiger partial charge in [-0.25, -0.2) is 0 Å². The van der Waals surface area contributed by atoms with E-state index in [1.54, 1.807) is 31.4 Å². The van der Waals surface area contributed by atoms with Crippen molar-refractivity contribution < 1.29 is 14.3 Å². The van der Waals surface area contributed by atoms with Gasteiger partial charge < -0.3 is 19.7 Å². The van der Waals surface area contributed by atoms with Crippen LogP contribution in [0.3, 0.4) is 0 Å². The van der Waals surface area contributed by atoms with Gasteiger partial charge in [-0.1, -0.05) is 23.7 Å². The SMILES string of the molecule is COc1ccc(OCC(=O)NCC(c2ccc(Cl)cc2)N2CCN(C)CC2)cc1. The second kappa shape index (κ2) is 10.5. The van der Waals surface area contributed by atoms with Gasteiger partial charge in [-0.15, -0.1) is 0 Å². The van der Waals surface area contributed by atoms with E-state index < -0.39 is 0 Å². The molecule has 1 saturated heterocycles. The predicted molar refractivity (Wildman–Crippen MR) is 115 cm³/mol. The number of nitrogens with zero attached hydrogens (tertiary/aromatic N) is 2. The highest BCUT2D eigenvalue weighted by atomic mass is 35.5. The third-order valence-electron chi connectivity index (χ3n) is 5.16. The summed E-state index contributed by atoms with van der Waals surface area (Å²) in [6.45, 7) is 4.44. The number of carbonyl (C=O) groups excluding carboxylic acids is 1. The van der Waals surface area contributed by atoms with E-state index in [0.717, 1.165) is 37.5 Å². The van der Waals surface area contributed by atoms with E-state index in [0.29, 0.717) is 17.3 Å². The smallest absolute Gasteiger partial charge is 0.258 e. The molecule has 29 heavy (non-hydrogen) atoms. The second-order valence-corrected chi connectivity index (χ2v) is 7.61. The molecule has 2 aromatic rings. The lowest BCUT2D eigenvalue weighted by atomic mass is 10.0. The Morgan fingerprint density at radius 3 is 2.28 bits per heavy atom. The largest absolute Gasteiger partial charge is 0.497 e. The van der Waals surface area contributed by atoms with Crippen LogP contribution in [0.1, 0.15) is 11.6 Å². The number of carbonyl (C=O) groups is 1. The van der Waals surface area contributed by atoms with Gasteiger partial charge in [0.25, 0.3) is 5.91 Å². The summed E-state index contributed by atoms with van der Waals surface area (Å²) in [5.41, 5.74) is 1.15. The molecule has 2 aromatic carbocycles. The van der Waals surface area contributed by atoms with E-state index in [4.69, 9.17) is 21.1 Å². The van der Waals surface area contributed by atoms with E-state index in [1.807, 2.05) is 24.3 Å². The number of halogens is 1. The minimum Gasteiger partial charge on any atom is -0.497 e. The number of hydrogen-bond acceptors (Lipinski definition) is 5. The van der Waals surface area contributed by atoms with Crippen LogP contribution in [0.15, 0.2) is 48.5 Å². The fourth-order valence-corrected chi connectivity index (χ4v) is 3.48. The van der Waals surface area contributed by atoms with Gasteiger partial charge in [0, 0.05) is 37.7 Å². The minimum atomic E-state index is -0.145. The first-order valence-electron chi connectivity index (χ1n) is 9.77. The number of benzene rings is 2. The molecule has 7 heteroatoms. The van der Waals surface area contributed by atoms with Gasteiger partial charge >= 0.3 is 0 Å². The predicted octanol–water partition coefficient (Wildman–Crippen LogP) is 2.83. The first-order chi connectivity index (χ1) is 14.0. The Morgan fingerprint density at radius 1 is 1.03 bits per heavy atom. The maximum Gasteiger partial charge on any atom is 0.258 e. The molecule has 0 bridgehead atoms. The van der Waals surface area contributed by atoms with Gasteiger partial charge in [0.05, 0.1) is 13.2 Å². The summed E-state index contributed by atoms with van der Waals surface area (Å²) in [4.78, 5) is 17.1. The first-order valence-corrected chi connectivity index (χ1v) is 10.1. The monoisotopic (exact) mass is 417 g/mol. The Labute approximate surface area is 177 Å². The zero-order chi connectivity index (χ0) is 20.6. The van der Waals surface area contributed by atoms with Crippen molar-refractivity contribution in [3.05, 3.63) is 59.1 Å². The molecule has 0 aromatic heterocycles. The average Bonchev–Trinajstić information content (AvgIpc) is 2.75. The number of methoxy groups -OCH3 is 1. The maximum absolute atomic E-state index is 12.4. The zero-order valence-electron chi connectivity index (χ0n) is 16.9. The first kappa shape index (κ1) is 21.4. The molecule has 1 N–H and O–H groups in total. The fourth-order valence-electron chi connectivity index (χ4n) is 3.36. The molecular formula is C22H28ClN3O3. The van der Waals surface area contributed by atoms with E-state index in [2.05, 4.69) is 22.2 Å². The Kier molecular flexibility index (Phi) is 7.75. The summed E-state index contributed by atoms with van der Waals surface area (Å²) in [6, 6.07) is 15.1. The van der Waals surface area contributed by atoms with Crippen LogP contribution in [0.2, 0.25) is 5.02 Å². The number of hydrogen-bond donors (Lipinski definition) is 1. The molecule has 3 rings (SSSR count). The molecule has 0 saturated carbocycles. The highest BCUT2D eigenvalue weighted by Crippen LogP contribution is 2.23. The summed E-state index contributed by atoms with van der Waals surface area (Å²) >= 11 is 6.05. The molecule has 1 heterocycles. The topological polar surface area (TPSA) is 54.0 Å². The van der Waals surface area contributed by atoms with E-state index in [-0.39, 0.29) is 18.6 Å². The highest BCUT2D eigenvalue weighted by Gasteiger charge is 2.24. The number of nitrogens with one attached hydrogen (secondary N) is 1. The maximum atomic E-state index is 12.4. The molecule has 0 spiro atoms.